The minimum Gasteiger partial charge on any atom is -0.398 e. The second kappa shape index (κ2) is 10.2. The van der Waals surface area contributed by atoms with Gasteiger partial charge in [0.25, 0.3) is 0 Å². The van der Waals surface area contributed by atoms with Crippen molar-refractivity contribution < 1.29 is 26.3 Å². The van der Waals surface area contributed by atoms with Crippen LogP contribution in [0.5, 0.6) is 0 Å². The molecule has 4 N–H and O–H groups in total. The maximum Gasteiger partial charge on any atom is 0.416 e. The third kappa shape index (κ3) is 8.12. The topological polar surface area (TPSA) is 52.0 Å². The van der Waals surface area contributed by atoms with E-state index in [0.717, 1.165) is 24.3 Å². The quantitative estimate of drug-likeness (QED) is 0.144. The summed E-state index contributed by atoms with van der Waals surface area (Å²) in [7, 11) is -1.60. The number of terminal acetylenes is 1. The van der Waals surface area contributed by atoms with Crippen LogP contribution in [-0.2, 0) is 12.4 Å². The molecule has 0 aliphatic carbocycles. The minimum atomic E-state index is -4.41. The summed E-state index contributed by atoms with van der Waals surface area (Å²) >= 11 is 6.02. The van der Waals surface area contributed by atoms with Gasteiger partial charge in [0.15, 0.2) is 0 Å². The van der Waals surface area contributed by atoms with E-state index in [1.165, 1.54) is 0 Å². The molecule has 0 atom stereocenters. The van der Waals surface area contributed by atoms with Gasteiger partial charge in [-0.15, -0.1) is 12.0 Å². The minimum absolute atomic E-state index is 0.0439. The Labute approximate surface area is 200 Å². The lowest BCUT2D eigenvalue weighted by Crippen LogP contribution is -2.16. The molecule has 2 aromatic carbocycles. The van der Waals surface area contributed by atoms with Gasteiger partial charge in [0.1, 0.15) is 8.07 Å². The number of alkyl halides is 6. The molecule has 2 nitrogen and oxygen atoms in total. The summed E-state index contributed by atoms with van der Waals surface area (Å²) in [4.78, 5) is 0. The highest BCUT2D eigenvalue weighted by Crippen LogP contribution is 2.35. The zero-order chi connectivity index (χ0) is 25.1. The molecule has 0 bridgehead atoms. The van der Waals surface area contributed by atoms with Crippen LogP contribution in [0.1, 0.15) is 22.3 Å². The standard InChI is InChI=1S/C12H13BrF3NSi.C9H5BrF3N/c1-18(2,3)5-4-9-10(13)6-8(7-11(9)17)12(14,15)16;1-2-6-7(10)3-5(4-8(6)14)9(11,12)13/h6-7H,17H2,1-3H3;1,3-4H,14H2. The molecule has 0 spiro atoms. The van der Waals surface area contributed by atoms with E-state index in [1.54, 1.807) is 0 Å². The van der Waals surface area contributed by atoms with E-state index in [4.69, 9.17) is 17.9 Å². The van der Waals surface area contributed by atoms with Crippen LogP contribution in [0, 0.1) is 23.8 Å². The van der Waals surface area contributed by atoms with Gasteiger partial charge in [0.05, 0.1) is 22.3 Å². The highest BCUT2D eigenvalue weighted by atomic mass is 79.9. The van der Waals surface area contributed by atoms with Crippen molar-refractivity contribution in [2.45, 2.75) is 32.0 Å². The molecule has 2 aromatic rings. The fourth-order valence-corrected chi connectivity index (χ4v) is 3.78. The normalized spacial score (nSPS) is 11.6. The Hall–Kier alpha value is -2.08. The average molecular weight is 600 g/mol. The molecule has 0 saturated carbocycles. The third-order valence-electron chi connectivity index (χ3n) is 3.60. The van der Waals surface area contributed by atoms with Crippen LogP contribution in [0.4, 0.5) is 37.7 Å². The lowest BCUT2D eigenvalue weighted by molar-refractivity contribution is -0.138. The van der Waals surface area contributed by atoms with Gasteiger partial charge >= 0.3 is 12.4 Å². The molecule has 32 heavy (non-hydrogen) atoms. The molecular formula is C21H18Br2F6N2Si. The Morgan fingerprint density at radius 2 is 1.16 bits per heavy atom. The molecular weight excluding hydrogens is 582 g/mol. The molecule has 0 aromatic heterocycles. The molecule has 0 aliphatic rings. The van der Waals surface area contributed by atoms with Gasteiger partial charge in [-0.1, -0.05) is 31.5 Å². The van der Waals surface area contributed by atoms with Gasteiger partial charge in [-0.3, -0.25) is 0 Å². The smallest absolute Gasteiger partial charge is 0.398 e. The van der Waals surface area contributed by atoms with Crippen molar-refractivity contribution in [3.8, 4) is 23.8 Å². The zero-order valence-corrected chi connectivity index (χ0v) is 21.2. The number of hydrogen-bond donors (Lipinski definition) is 2. The Kier molecular flexibility index (Phi) is 8.94. The van der Waals surface area contributed by atoms with Crippen molar-refractivity contribution in [2.24, 2.45) is 0 Å². The molecule has 0 radical (unpaired) electrons. The number of halogens is 8. The SMILES string of the molecule is C#Cc1c(N)cc(C(F)(F)F)cc1Br.C[Si](C)(C)C#Cc1c(N)cc(C(F)(F)F)cc1Br. The largest absolute Gasteiger partial charge is 0.416 e. The Morgan fingerprint density at radius 1 is 0.781 bits per heavy atom. The van der Waals surface area contributed by atoms with Crippen LogP contribution >= 0.6 is 31.9 Å². The van der Waals surface area contributed by atoms with Crippen molar-refractivity contribution in [1.82, 2.24) is 0 Å². The van der Waals surface area contributed by atoms with Gasteiger partial charge < -0.3 is 11.5 Å². The second-order valence-corrected chi connectivity index (χ2v) is 13.9. The molecule has 11 heteroatoms. The van der Waals surface area contributed by atoms with E-state index in [2.05, 4.69) is 49.2 Å². The lowest BCUT2D eigenvalue weighted by Gasteiger charge is -2.10. The highest BCUT2D eigenvalue weighted by Gasteiger charge is 2.32. The molecule has 0 amide bonds. The number of nitrogen functional groups attached to an aromatic ring is 2. The fourth-order valence-electron chi connectivity index (χ4n) is 2.12. The number of anilines is 2. The van der Waals surface area contributed by atoms with Crippen molar-refractivity contribution >= 4 is 51.3 Å². The van der Waals surface area contributed by atoms with E-state index < -0.39 is 31.6 Å². The van der Waals surface area contributed by atoms with E-state index in [9.17, 15) is 26.3 Å². The average Bonchev–Trinajstić information content (AvgIpc) is 2.58. The van der Waals surface area contributed by atoms with Gasteiger partial charge in [-0.2, -0.15) is 26.3 Å². The Bertz CT molecular complexity index is 1050. The van der Waals surface area contributed by atoms with Crippen molar-refractivity contribution in [3.63, 3.8) is 0 Å². The van der Waals surface area contributed by atoms with E-state index in [1.807, 2.05) is 19.6 Å². The van der Waals surface area contributed by atoms with E-state index in [-0.39, 0.29) is 25.9 Å². The Balaban J connectivity index is 0.000000330. The molecule has 172 valence electrons. The van der Waals surface area contributed by atoms with Crippen LogP contribution in [0.15, 0.2) is 33.2 Å². The number of hydrogen-bond acceptors (Lipinski definition) is 2. The second-order valence-electron chi connectivity index (χ2n) is 7.48. The van der Waals surface area contributed by atoms with Crippen molar-refractivity contribution in [1.29, 1.82) is 0 Å². The predicted octanol–water partition coefficient (Wildman–Crippen LogP) is 7.31. The first-order valence-corrected chi connectivity index (χ1v) is 13.8. The van der Waals surface area contributed by atoms with Gasteiger partial charge in [-0.25, -0.2) is 0 Å². The molecule has 0 aliphatic heterocycles. The van der Waals surface area contributed by atoms with Gasteiger partial charge in [0.2, 0.25) is 0 Å². The molecule has 0 unspecified atom stereocenters. The van der Waals surface area contributed by atoms with Crippen LogP contribution in [0.3, 0.4) is 0 Å². The third-order valence-corrected chi connectivity index (χ3v) is 5.73. The zero-order valence-electron chi connectivity index (χ0n) is 17.1. The van der Waals surface area contributed by atoms with Crippen LogP contribution < -0.4 is 11.5 Å². The first-order chi connectivity index (χ1) is 14.4. The predicted molar refractivity (Wildman–Crippen MR) is 125 cm³/mol. The number of benzene rings is 2. The van der Waals surface area contributed by atoms with Crippen LogP contribution in [-0.4, -0.2) is 8.07 Å². The molecule has 0 heterocycles. The van der Waals surface area contributed by atoms with Gasteiger partial charge in [0, 0.05) is 20.3 Å². The monoisotopic (exact) mass is 598 g/mol. The summed E-state index contributed by atoms with van der Waals surface area (Å²) in [6, 6.07) is 3.65. The lowest BCUT2D eigenvalue weighted by atomic mass is 10.1. The van der Waals surface area contributed by atoms with Crippen LogP contribution in [0.2, 0.25) is 19.6 Å². The maximum atomic E-state index is 12.5. The first kappa shape index (κ1) is 28.0. The van der Waals surface area contributed by atoms with Crippen molar-refractivity contribution in [2.75, 3.05) is 11.5 Å². The van der Waals surface area contributed by atoms with Crippen LogP contribution in [0.25, 0.3) is 0 Å². The molecule has 0 saturated heterocycles. The summed E-state index contributed by atoms with van der Waals surface area (Å²) < 4.78 is 74.9. The summed E-state index contributed by atoms with van der Waals surface area (Å²) in [5.41, 5.74) is 13.1. The first-order valence-electron chi connectivity index (χ1n) is 8.69. The number of nitrogens with two attached hydrogens (primary N) is 2. The van der Waals surface area contributed by atoms with E-state index >= 15 is 0 Å². The fraction of sp³-hybridized carbons (Fsp3) is 0.238. The highest BCUT2D eigenvalue weighted by molar-refractivity contribution is 9.10. The molecule has 2 rings (SSSR count). The van der Waals surface area contributed by atoms with Crippen molar-refractivity contribution in [3.05, 3.63) is 55.5 Å². The van der Waals surface area contributed by atoms with E-state index in [0.29, 0.717) is 5.56 Å². The molecule has 0 fully saturated rings. The summed E-state index contributed by atoms with van der Waals surface area (Å²) in [5, 5.41) is 0. The van der Waals surface area contributed by atoms with Gasteiger partial charge in [-0.05, 0) is 56.1 Å². The Morgan fingerprint density at radius 3 is 1.44 bits per heavy atom. The maximum absolute atomic E-state index is 12.5. The summed E-state index contributed by atoms with van der Waals surface area (Å²) in [6.45, 7) is 6.15. The number of rotatable bonds is 0. The summed E-state index contributed by atoms with van der Waals surface area (Å²) in [6.07, 6.45) is -3.74. The summed E-state index contributed by atoms with van der Waals surface area (Å²) in [5.74, 6) is 5.08.